The maximum Gasteiger partial charge on any atom is 0.0843 e. The molecule has 0 aliphatic carbocycles. The molecule has 0 unspecified atom stereocenters. The van der Waals surface area contributed by atoms with E-state index >= 15 is 0 Å². The molecule has 0 aliphatic heterocycles. The molecule has 0 aliphatic rings. The zero-order valence-corrected chi connectivity index (χ0v) is 12.2. The molecule has 1 heterocycles. The zero-order chi connectivity index (χ0) is 10.6. The summed E-state index contributed by atoms with van der Waals surface area (Å²) in [6.45, 7) is 2.21. The Hall–Kier alpha value is 0.620. The van der Waals surface area contributed by atoms with E-state index < -0.39 is 0 Å². The average molecular weight is 341 g/mol. The molecule has 1 aromatic rings. The first-order valence-electron chi connectivity index (χ1n) is 4.85. The van der Waals surface area contributed by atoms with Crippen molar-refractivity contribution in [3.05, 3.63) is 19.2 Å². The van der Waals surface area contributed by atoms with Crippen LogP contribution in [-0.4, -0.2) is 0 Å². The van der Waals surface area contributed by atoms with E-state index in [9.17, 15) is 0 Å². The Morgan fingerprint density at radius 2 is 2.14 bits per heavy atom. The minimum Gasteiger partial charge on any atom is -0.323 e. The third-order valence-corrected chi connectivity index (χ3v) is 5.54. The molecule has 0 fully saturated rings. The van der Waals surface area contributed by atoms with Crippen LogP contribution >= 0.6 is 43.2 Å². The third-order valence-electron chi connectivity index (χ3n) is 2.15. The maximum absolute atomic E-state index is 6.09. The van der Waals surface area contributed by atoms with Crippen molar-refractivity contribution in [1.82, 2.24) is 0 Å². The van der Waals surface area contributed by atoms with E-state index in [0.717, 1.165) is 14.7 Å². The first-order chi connectivity index (χ1) is 6.65. The lowest BCUT2D eigenvalue weighted by atomic mass is 10.1. The highest BCUT2D eigenvalue weighted by molar-refractivity contribution is 9.13. The van der Waals surface area contributed by atoms with Crippen molar-refractivity contribution >= 4 is 43.2 Å². The molecule has 0 spiro atoms. The number of hydrogen-bond donors (Lipinski definition) is 1. The normalized spacial score (nSPS) is 13.1. The molecule has 0 saturated heterocycles. The second-order valence-electron chi connectivity index (χ2n) is 3.37. The van der Waals surface area contributed by atoms with Gasteiger partial charge in [0.05, 0.1) is 3.79 Å². The van der Waals surface area contributed by atoms with Gasteiger partial charge in [-0.25, -0.2) is 0 Å². The Balaban J connectivity index is 2.47. The van der Waals surface area contributed by atoms with Crippen molar-refractivity contribution in [2.75, 3.05) is 0 Å². The Labute approximate surface area is 106 Å². The second-order valence-corrected chi connectivity index (χ2v) is 6.63. The molecule has 1 nitrogen and oxygen atoms in total. The lowest BCUT2D eigenvalue weighted by Crippen LogP contribution is -2.07. The quantitative estimate of drug-likeness (QED) is 0.761. The van der Waals surface area contributed by atoms with Crippen LogP contribution in [0.4, 0.5) is 0 Å². The van der Waals surface area contributed by atoms with Crippen LogP contribution in [0.25, 0.3) is 0 Å². The molecule has 0 amide bonds. The Kier molecular flexibility index (Phi) is 5.67. The van der Waals surface area contributed by atoms with Crippen molar-refractivity contribution in [3.63, 3.8) is 0 Å². The summed E-state index contributed by atoms with van der Waals surface area (Å²) in [7, 11) is 0. The van der Waals surface area contributed by atoms with Gasteiger partial charge < -0.3 is 5.73 Å². The maximum atomic E-state index is 6.09. The predicted octanol–water partition coefficient (Wildman–Crippen LogP) is 4.85. The van der Waals surface area contributed by atoms with Crippen molar-refractivity contribution < 1.29 is 0 Å². The van der Waals surface area contributed by atoms with E-state index in [1.54, 1.807) is 11.3 Å². The van der Waals surface area contributed by atoms with Gasteiger partial charge in [-0.15, -0.1) is 11.3 Å². The highest BCUT2D eigenvalue weighted by Crippen LogP contribution is 2.35. The molecule has 14 heavy (non-hydrogen) atoms. The second kappa shape index (κ2) is 6.26. The number of unbranched alkanes of at least 4 members (excludes halogenated alkanes) is 2. The van der Waals surface area contributed by atoms with E-state index in [-0.39, 0.29) is 6.04 Å². The molecular formula is C10H15Br2NS. The van der Waals surface area contributed by atoms with Gasteiger partial charge in [0.15, 0.2) is 0 Å². The van der Waals surface area contributed by atoms with Crippen LogP contribution in [0.1, 0.15) is 43.5 Å². The van der Waals surface area contributed by atoms with Crippen LogP contribution in [0.15, 0.2) is 14.3 Å². The first kappa shape index (κ1) is 12.7. The molecule has 0 radical (unpaired) electrons. The molecule has 4 heteroatoms. The molecule has 0 saturated carbocycles. The minimum atomic E-state index is 0.203. The minimum absolute atomic E-state index is 0.203. The predicted molar refractivity (Wildman–Crippen MR) is 70.8 cm³/mol. The van der Waals surface area contributed by atoms with Gasteiger partial charge in [0, 0.05) is 15.4 Å². The van der Waals surface area contributed by atoms with E-state index in [1.807, 2.05) is 0 Å². The van der Waals surface area contributed by atoms with Crippen LogP contribution in [0, 0.1) is 0 Å². The van der Waals surface area contributed by atoms with Gasteiger partial charge in [-0.05, 0) is 44.3 Å². The Morgan fingerprint density at radius 1 is 1.43 bits per heavy atom. The van der Waals surface area contributed by atoms with Gasteiger partial charge in [0.1, 0.15) is 0 Å². The first-order valence-corrected chi connectivity index (χ1v) is 7.25. The molecule has 2 N–H and O–H groups in total. The molecular weight excluding hydrogens is 326 g/mol. The SMILES string of the molecule is CCCCC[C@@H](N)c1cc(Br)c(Br)s1. The topological polar surface area (TPSA) is 26.0 Å². The Bertz CT molecular complexity index is 266. The fourth-order valence-electron chi connectivity index (χ4n) is 1.30. The highest BCUT2D eigenvalue weighted by atomic mass is 79.9. The highest BCUT2D eigenvalue weighted by Gasteiger charge is 2.11. The number of thiophene rings is 1. The molecule has 1 aromatic heterocycles. The van der Waals surface area contributed by atoms with Gasteiger partial charge in [-0.1, -0.05) is 26.2 Å². The smallest absolute Gasteiger partial charge is 0.0843 e. The van der Waals surface area contributed by atoms with Gasteiger partial charge >= 0.3 is 0 Å². The van der Waals surface area contributed by atoms with Crippen LogP contribution in [0.2, 0.25) is 0 Å². The van der Waals surface area contributed by atoms with Crippen molar-refractivity contribution in [1.29, 1.82) is 0 Å². The summed E-state index contributed by atoms with van der Waals surface area (Å²) in [6, 6.07) is 2.32. The van der Waals surface area contributed by atoms with Gasteiger partial charge in [0.25, 0.3) is 0 Å². The third kappa shape index (κ3) is 3.65. The number of halogens is 2. The molecule has 0 aromatic carbocycles. The lowest BCUT2D eigenvalue weighted by molar-refractivity contribution is 0.587. The fourth-order valence-corrected chi connectivity index (χ4v) is 3.43. The van der Waals surface area contributed by atoms with Crippen LogP contribution in [0.3, 0.4) is 0 Å². The van der Waals surface area contributed by atoms with Crippen LogP contribution in [0.5, 0.6) is 0 Å². The summed E-state index contributed by atoms with van der Waals surface area (Å²) in [4.78, 5) is 1.26. The molecule has 1 rings (SSSR count). The Morgan fingerprint density at radius 3 is 2.64 bits per heavy atom. The van der Waals surface area contributed by atoms with Gasteiger partial charge in [0.2, 0.25) is 0 Å². The molecule has 1 atom stereocenters. The summed E-state index contributed by atoms with van der Waals surface area (Å²) in [5.41, 5.74) is 6.09. The zero-order valence-electron chi connectivity index (χ0n) is 8.22. The van der Waals surface area contributed by atoms with Gasteiger partial charge in [-0.2, -0.15) is 0 Å². The van der Waals surface area contributed by atoms with Gasteiger partial charge in [-0.3, -0.25) is 0 Å². The van der Waals surface area contributed by atoms with Crippen molar-refractivity contribution in [2.24, 2.45) is 5.73 Å². The lowest BCUT2D eigenvalue weighted by Gasteiger charge is -2.07. The monoisotopic (exact) mass is 339 g/mol. The summed E-state index contributed by atoms with van der Waals surface area (Å²) in [5.74, 6) is 0. The largest absolute Gasteiger partial charge is 0.323 e. The van der Waals surface area contributed by atoms with E-state index in [0.29, 0.717) is 0 Å². The molecule has 80 valence electrons. The van der Waals surface area contributed by atoms with E-state index in [4.69, 9.17) is 5.73 Å². The number of hydrogen-bond acceptors (Lipinski definition) is 2. The summed E-state index contributed by atoms with van der Waals surface area (Å²) < 4.78 is 2.25. The number of nitrogens with two attached hydrogens (primary N) is 1. The standard InChI is InChI=1S/C10H15Br2NS/c1-2-3-4-5-8(13)9-6-7(11)10(12)14-9/h6,8H,2-5,13H2,1H3/t8-/m1/s1. The summed E-state index contributed by atoms with van der Waals surface area (Å²) in [6.07, 6.45) is 4.85. The summed E-state index contributed by atoms with van der Waals surface area (Å²) >= 11 is 8.68. The summed E-state index contributed by atoms with van der Waals surface area (Å²) in [5, 5.41) is 0. The van der Waals surface area contributed by atoms with Crippen molar-refractivity contribution in [3.8, 4) is 0 Å². The fraction of sp³-hybridized carbons (Fsp3) is 0.600. The molecule has 0 bridgehead atoms. The van der Waals surface area contributed by atoms with E-state index in [1.165, 1.54) is 24.1 Å². The average Bonchev–Trinajstić information content (AvgIpc) is 2.47. The van der Waals surface area contributed by atoms with E-state index in [2.05, 4.69) is 44.8 Å². The van der Waals surface area contributed by atoms with Crippen LogP contribution in [-0.2, 0) is 0 Å². The van der Waals surface area contributed by atoms with Crippen molar-refractivity contribution in [2.45, 2.75) is 38.6 Å². The number of rotatable bonds is 5. The van der Waals surface area contributed by atoms with Crippen LogP contribution < -0.4 is 5.73 Å².